The first kappa shape index (κ1) is 10.5. The van der Waals surface area contributed by atoms with E-state index in [4.69, 9.17) is 5.73 Å². The molecule has 0 aliphatic rings. The standard InChI is InChI=1S/C13H15N3/c1-10(11-5-3-2-4-6-11)16-13-7-12(14)8-15-9-13/h2-10,16H,14H2,1H3. The van der Waals surface area contributed by atoms with Crippen LogP contribution in [-0.4, -0.2) is 4.98 Å². The van der Waals surface area contributed by atoms with E-state index in [-0.39, 0.29) is 6.04 Å². The van der Waals surface area contributed by atoms with Gasteiger partial charge in [-0.1, -0.05) is 30.3 Å². The summed E-state index contributed by atoms with van der Waals surface area (Å²) in [5.74, 6) is 0. The molecule has 0 aliphatic heterocycles. The minimum Gasteiger partial charge on any atom is -0.397 e. The summed E-state index contributed by atoms with van der Waals surface area (Å²) in [6, 6.07) is 12.4. The van der Waals surface area contributed by atoms with Gasteiger partial charge in [0, 0.05) is 12.2 Å². The van der Waals surface area contributed by atoms with Crippen molar-refractivity contribution in [3.63, 3.8) is 0 Å². The van der Waals surface area contributed by atoms with Crippen molar-refractivity contribution >= 4 is 11.4 Å². The highest BCUT2D eigenvalue weighted by Crippen LogP contribution is 2.19. The van der Waals surface area contributed by atoms with Crippen LogP contribution in [0.5, 0.6) is 0 Å². The SMILES string of the molecule is CC(Nc1cncc(N)c1)c1ccccc1. The van der Waals surface area contributed by atoms with Crippen molar-refractivity contribution in [2.45, 2.75) is 13.0 Å². The highest BCUT2D eigenvalue weighted by Gasteiger charge is 2.04. The predicted molar refractivity (Wildman–Crippen MR) is 67.1 cm³/mol. The van der Waals surface area contributed by atoms with Gasteiger partial charge in [-0.2, -0.15) is 0 Å². The second kappa shape index (κ2) is 4.66. The van der Waals surface area contributed by atoms with Crippen LogP contribution in [0.3, 0.4) is 0 Å². The zero-order chi connectivity index (χ0) is 11.4. The number of benzene rings is 1. The van der Waals surface area contributed by atoms with Gasteiger partial charge in [-0.15, -0.1) is 0 Å². The molecular formula is C13H15N3. The maximum Gasteiger partial charge on any atom is 0.0552 e. The van der Waals surface area contributed by atoms with Crippen LogP contribution in [0.1, 0.15) is 18.5 Å². The second-order valence-corrected chi connectivity index (χ2v) is 3.78. The summed E-state index contributed by atoms with van der Waals surface area (Å²) in [7, 11) is 0. The van der Waals surface area contributed by atoms with Gasteiger partial charge in [-0.3, -0.25) is 4.98 Å². The number of nitrogens with zero attached hydrogens (tertiary/aromatic N) is 1. The van der Waals surface area contributed by atoms with E-state index in [1.807, 2.05) is 24.3 Å². The van der Waals surface area contributed by atoms with Crippen molar-refractivity contribution in [2.24, 2.45) is 0 Å². The molecule has 1 unspecified atom stereocenters. The Morgan fingerprint density at radius 1 is 1.19 bits per heavy atom. The van der Waals surface area contributed by atoms with Gasteiger partial charge in [0.15, 0.2) is 0 Å². The number of hydrogen-bond acceptors (Lipinski definition) is 3. The lowest BCUT2D eigenvalue weighted by molar-refractivity contribution is 0.883. The largest absolute Gasteiger partial charge is 0.397 e. The average molecular weight is 213 g/mol. The summed E-state index contributed by atoms with van der Waals surface area (Å²) >= 11 is 0. The summed E-state index contributed by atoms with van der Waals surface area (Å²) in [6.45, 7) is 2.11. The van der Waals surface area contributed by atoms with E-state index >= 15 is 0 Å². The monoisotopic (exact) mass is 213 g/mol. The van der Waals surface area contributed by atoms with Gasteiger partial charge in [0.05, 0.1) is 17.6 Å². The topological polar surface area (TPSA) is 50.9 Å². The number of aromatic nitrogens is 1. The fourth-order valence-electron chi connectivity index (χ4n) is 1.61. The molecule has 0 fully saturated rings. The van der Waals surface area contributed by atoms with Crippen molar-refractivity contribution in [3.8, 4) is 0 Å². The number of anilines is 2. The molecule has 2 rings (SSSR count). The normalized spacial score (nSPS) is 12.1. The van der Waals surface area contributed by atoms with E-state index in [9.17, 15) is 0 Å². The van der Waals surface area contributed by atoms with E-state index in [1.54, 1.807) is 12.4 Å². The Morgan fingerprint density at radius 3 is 2.62 bits per heavy atom. The van der Waals surface area contributed by atoms with Crippen LogP contribution in [0.2, 0.25) is 0 Å². The quantitative estimate of drug-likeness (QED) is 0.824. The molecule has 0 spiro atoms. The van der Waals surface area contributed by atoms with E-state index in [2.05, 4.69) is 29.4 Å². The molecule has 1 atom stereocenters. The van der Waals surface area contributed by atoms with Crippen LogP contribution in [0, 0.1) is 0 Å². The van der Waals surface area contributed by atoms with Gasteiger partial charge in [0.2, 0.25) is 0 Å². The summed E-state index contributed by atoms with van der Waals surface area (Å²) < 4.78 is 0. The molecule has 3 nitrogen and oxygen atoms in total. The molecule has 0 bridgehead atoms. The molecule has 0 saturated carbocycles. The Bertz CT molecular complexity index is 454. The van der Waals surface area contributed by atoms with Crippen LogP contribution in [0.4, 0.5) is 11.4 Å². The Balaban J connectivity index is 2.11. The number of rotatable bonds is 3. The van der Waals surface area contributed by atoms with Gasteiger partial charge < -0.3 is 11.1 Å². The minimum atomic E-state index is 0.241. The van der Waals surface area contributed by atoms with Gasteiger partial charge in [0.1, 0.15) is 0 Å². The number of pyridine rings is 1. The van der Waals surface area contributed by atoms with Crippen molar-refractivity contribution in [1.82, 2.24) is 4.98 Å². The number of nitrogens with two attached hydrogens (primary N) is 1. The van der Waals surface area contributed by atoms with Crippen molar-refractivity contribution in [1.29, 1.82) is 0 Å². The lowest BCUT2D eigenvalue weighted by Crippen LogP contribution is -2.06. The van der Waals surface area contributed by atoms with E-state index in [0.717, 1.165) is 5.69 Å². The maximum atomic E-state index is 5.67. The third-order valence-electron chi connectivity index (χ3n) is 2.44. The predicted octanol–water partition coefficient (Wildman–Crippen LogP) is 2.84. The third kappa shape index (κ3) is 2.51. The summed E-state index contributed by atoms with van der Waals surface area (Å²) in [5.41, 5.74) is 8.52. The smallest absolute Gasteiger partial charge is 0.0552 e. The lowest BCUT2D eigenvalue weighted by Gasteiger charge is -2.15. The fraction of sp³-hybridized carbons (Fsp3) is 0.154. The Labute approximate surface area is 95.3 Å². The molecule has 0 aliphatic carbocycles. The first-order chi connectivity index (χ1) is 7.75. The minimum absolute atomic E-state index is 0.241. The Morgan fingerprint density at radius 2 is 1.94 bits per heavy atom. The number of nitrogens with one attached hydrogen (secondary N) is 1. The lowest BCUT2D eigenvalue weighted by atomic mass is 10.1. The number of hydrogen-bond donors (Lipinski definition) is 2. The van der Waals surface area contributed by atoms with Crippen LogP contribution in [-0.2, 0) is 0 Å². The molecule has 0 radical (unpaired) electrons. The van der Waals surface area contributed by atoms with E-state index < -0.39 is 0 Å². The average Bonchev–Trinajstić information content (AvgIpc) is 2.30. The molecule has 82 valence electrons. The Kier molecular flexibility index (Phi) is 3.05. The van der Waals surface area contributed by atoms with Gasteiger partial charge in [0.25, 0.3) is 0 Å². The van der Waals surface area contributed by atoms with Crippen LogP contribution in [0.15, 0.2) is 48.8 Å². The van der Waals surface area contributed by atoms with Crippen molar-refractivity contribution in [3.05, 3.63) is 54.4 Å². The molecule has 0 amide bonds. The zero-order valence-electron chi connectivity index (χ0n) is 9.22. The molecule has 1 aromatic heterocycles. The van der Waals surface area contributed by atoms with Crippen molar-refractivity contribution < 1.29 is 0 Å². The van der Waals surface area contributed by atoms with Gasteiger partial charge >= 0.3 is 0 Å². The van der Waals surface area contributed by atoms with Gasteiger partial charge in [-0.05, 0) is 18.6 Å². The second-order valence-electron chi connectivity index (χ2n) is 3.78. The first-order valence-electron chi connectivity index (χ1n) is 5.28. The molecule has 3 heteroatoms. The maximum absolute atomic E-state index is 5.67. The van der Waals surface area contributed by atoms with Crippen LogP contribution >= 0.6 is 0 Å². The number of nitrogen functional groups attached to an aromatic ring is 1. The van der Waals surface area contributed by atoms with Crippen LogP contribution in [0.25, 0.3) is 0 Å². The van der Waals surface area contributed by atoms with Gasteiger partial charge in [-0.25, -0.2) is 0 Å². The van der Waals surface area contributed by atoms with Crippen molar-refractivity contribution in [2.75, 3.05) is 11.1 Å². The fourth-order valence-corrected chi connectivity index (χ4v) is 1.61. The molecule has 1 aromatic carbocycles. The molecule has 3 N–H and O–H groups in total. The highest BCUT2D eigenvalue weighted by atomic mass is 14.9. The zero-order valence-corrected chi connectivity index (χ0v) is 9.22. The summed E-state index contributed by atoms with van der Waals surface area (Å²) in [4.78, 5) is 4.04. The van der Waals surface area contributed by atoms with Crippen LogP contribution < -0.4 is 11.1 Å². The molecule has 2 aromatic rings. The van der Waals surface area contributed by atoms with E-state index in [0.29, 0.717) is 5.69 Å². The first-order valence-corrected chi connectivity index (χ1v) is 5.28. The summed E-state index contributed by atoms with van der Waals surface area (Å²) in [6.07, 6.45) is 3.41. The third-order valence-corrected chi connectivity index (χ3v) is 2.44. The Hall–Kier alpha value is -2.03. The molecule has 1 heterocycles. The summed E-state index contributed by atoms with van der Waals surface area (Å²) in [5, 5.41) is 3.36. The molecular weight excluding hydrogens is 198 g/mol. The van der Waals surface area contributed by atoms with E-state index in [1.165, 1.54) is 5.56 Å². The molecule has 0 saturated heterocycles. The highest BCUT2D eigenvalue weighted by molar-refractivity contribution is 5.52. The molecule has 16 heavy (non-hydrogen) atoms.